The molecule has 6 rings (SSSR count). The van der Waals surface area contributed by atoms with E-state index >= 15 is 0 Å². The fourth-order valence-electron chi connectivity index (χ4n) is 6.34. The van der Waals surface area contributed by atoms with Crippen LogP contribution < -0.4 is 9.61 Å². The maximum absolute atomic E-state index is 14.2. The van der Waals surface area contributed by atoms with E-state index in [9.17, 15) is 17.1 Å². The summed E-state index contributed by atoms with van der Waals surface area (Å²) in [5.41, 5.74) is 5.67. The predicted molar refractivity (Wildman–Crippen MR) is 162 cm³/mol. The van der Waals surface area contributed by atoms with Gasteiger partial charge in [-0.15, -0.1) is 6.42 Å². The minimum atomic E-state index is -5.17. The molecule has 0 aliphatic heterocycles. The van der Waals surface area contributed by atoms with Crippen LogP contribution in [0.4, 0.5) is 3.89 Å². The van der Waals surface area contributed by atoms with Crippen molar-refractivity contribution in [3.8, 4) is 29.2 Å². The van der Waals surface area contributed by atoms with Gasteiger partial charge in [0.05, 0.1) is 10.9 Å². The van der Waals surface area contributed by atoms with Crippen molar-refractivity contribution in [3.05, 3.63) is 75.9 Å². The van der Waals surface area contributed by atoms with Crippen LogP contribution in [0.5, 0.6) is 5.75 Å². The number of hydrogen-bond donors (Lipinski definition) is 1. The Morgan fingerprint density at radius 2 is 1.88 bits per heavy atom. The Morgan fingerprint density at radius 3 is 2.61 bits per heavy atom. The highest BCUT2D eigenvalue weighted by Gasteiger charge is 2.24. The van der Waals surface area contributed by atoms with Crippen molar-refractivity contribution < 1.29 is 16.5 Å². The molecule has 0 radical (unpaired) electrons. The molecular formula is C33H31FN2O4S. The molecule has 1 N–H and O–H groups in total. The summed E-state index contributed by atoms with van der Waals surface area (Å²) in [7, 11) is -5.17. The Bertz CT molecular complexity index is 2010. The summed E-state index contributed by atoms with van der Waals surface area (Å²) in [6.45, 7) is 2.11. The Hall–Kier alpha value is -4.09. The van der Waals surface area contributed by atoms with E-state index in [0.717, 1.165) is 83.7 Å². The van der Waals surface area contributed by atoms with Crippen molar-refractivity contribution in [3.63, 3.8) is 0 Å². The highest BCUT2D eigenvalue weighted by atomic mass is 32.3. The first kappa shape index (κ1) is 27.1. The van der Waals surface area contributed by atoms with Gasteiger partial charge < -0.3 is 13.7 Å². The van der Waals surface area contributed by atoms with E-state index in [1.807, 2.05) is 36.4 Å². The Balaban J connectivity index is 1.69. The number of fused-ring (bicyclic) bond motifs is 4. The van der Waals surface area contributed by atoms with Crippen molar-refractivity contribution in [1.29, 1.82) is 0 Å². The van der Waals surface area contributed by atoms with Gasteiger partial charge in [-0.05, 0) is 78.8 Å². The molecule has 5 aromatic rings. The molecule has 2 aromatic heterocycles. The molecule has 1 aliphatic rings. The molecule has 1 aliphatic carbocycles. The first-order valence-corrected chi connectivity index (χ1v) is 15.5. The third-order valence-electron chi connectivity index (χ3n) is 8.22. The zero-order valence-electron chi connectivity index (χ0n) is 22.9. The van der Waals surface area contributed by atoms with E-state index in [-0.39, 0.29) is 17.2 Å². The second-order valence-corrected chi connectivity index (χ2v) is 11.8. The summed E-state index contributed by atoms with van der Waals surface area (Å²) in [4.78, 5) is 17.8. The van der Waals surface area contributed by atoms with Gasteiger partial charge >= 0.3 is 10.5 Å². The molecule has 1 saturated carbocycles. The van der Waals surface area contributed by atoms with E-state index in [0.29, 0.717) is 16.3 Å². The molecule has 6 nitrogen and oxygen atoms in total. The third kappa shape index (κ3) is 5.11. The van der Waals surface area contributed by atoms with Crippen LogP contribution in [0.3, 0.4) is 0 Å². The Morgan fingerprint density at radius 1 is 1.07 bits per heavy atom. The first-order chi connectivity index (χ1) is 19.8. The van der Waals surface area contributed by atoms with Crippen molar-refractivity contribution in [2.24, 2.45) is 0 Å². The number of halogens is 1. The maximum atomic E-state index is 14.2. The summed E-state index contributed by atoms with van der Waals surface area (Å²) < 4.78 is 42.6. The van der Waals surface area contributed by atoms with Gasteiger partial charge in [0.1, 0.15) is 11.4 Å². The Labute approximate surface area is 238 Å². The number of nitrogens with zero attached hydrogens (tertiary/aromatic N) is 1. The molecule has 0 saturated heterocycles. The molecule has 2 heterocycles. The van der Waals surface area contributed by atoms with Gasteiger partial charge in [-0.2, -0.15) is 8.42 Å². The van der Waals surface area contributed by atoms with E-state index in [1.165, 1.54) is 18.6 Å². The maximum Gasteiger partial charge on any atom is 0.488 e. The smallest absolute Gasteiger partial charge is 0.358 e. The Kier molecular flexibility index (Phi) is 7.08. The van der Waals surface area contributed by atoms with Gasteiger partial charge in [-0.1, -0.05) is 60.6 Å². The van der Waals surface area contributed by atoms with Crippen molar-refractivity contribution in [2.75, 3.05) is 0 Å². The van der Waals surface area contributed by atoms with Gasteiger partial charge in [-0.25, -0.2) is 0 Å². The van der Waals surface area contributed by atoms with Gasteiger partial charge in [0.2, 0.25) is 0 Å². The van der Waals surface area contributed by atoms with Crippen LogP contribution >= 0.6 is 0 Å². The first-order valence-electron chi connectivity index (χ1n) is 14.1. The monoisotopic (exact) mass is 570 g/mol. The molecule has 41 heavy (non-hydrogen) atoms. The molecule has 0 unspecified atom stereocenters. The average molecular weight is 571 g/mol. The molecule has 8 heteroatoms. The number of aryl methyl sites for hydroxylation is 1. The summed E-state index contributed by atoms with van der Waals surface area (Å²) in [5.74, 6) is 2.58. The number of rotatable bonds is 7. The third-order valence-corrected chi connectivity index (χ3v) is 8.61. The van der Waals surface area contributed by atoms with Crippen molar-refractivity contribution >= 4 is 43.3 Å². The minimum absolute atomic E-state index is 0.0355. The predicted octanol–water partition coefficient (Wildman–Crippen LogP) is 7.73. The van der Waals surface area contributed by atoms with Crippen LogP contribution in [0, 0.1) is 12.3 Å². The SMILES string of the molecule is C#Cc1ccc2c(c1)[nH]c1c2c(=O)c2cc(CCCC)c(-c3cccc(OS(=O)(=O)F)c3)cc2n1C1CCCCC1. The molecule has 1 fully saturated rings. The van der Waals surface area contributed by atoms with Crippen LogP contribution in [0.15, 0.2) is 59.4 Å². The fourth-order valence-corrected chi connectivity index (χ4v) is 6.68. The lowest BCUT2D eigenvalue weighted by Crippen LogP contribution is -2.18. The lowest BCUT2D eigenvalue weighted by molar-refractivity contribution is 0.365. The highest BCUT2D eigenvalue weighted by Crippen LogP contribution is 2.38. The number of terminal acetylenes is 1. The molecule has 0 bridgehead atoms. The van der Waals surface area contributed by atoms with Crippen molar-refractivity contribution in [1.82, 2.24) is 9.55 Å². The average Bonchev–Trinajstić information content (AvgIpc) is 3.34. The van der Waals surface area contributed by atoms with E-state index in [4.69, 9.17) is 6.42 Å². The van der Waals surface area contributed by atoms with E-state index in [1.54, 1.807) is 6.07 Å². The van der Waals surface area contributed by atoms with Gasteiger partial charge in [0, 0.05) is 27.9 Å². The lowest BCUT2D eigenvalue weighted by Gasteiger charge is -2.28. The molecule has 3 aromatic carbocycles. The largest absolute Gasteiger partial charge is 0.488 e. The van der Waals surface area contributed by atoms with Gasteiger partial charge in [-0.3, -0.25) is 4.79 Å². The number of unbranched alkanes of at least 4 members (excludes halogenated alkanes) is 1. The molecule has 210 valence electrons. The summed E-state index contributed by atoms with van der Waals surface area (Å²) in [6.07, 6.45) is 13.7. The lowest BCUT2D eigenvalue weighted by atomic mass is 9.91. The number of hydrogen-bond acceptors (Lipinski definition) is 4. The van der Waals surface area contributed by atoms with Crippen LogP contribution in [-0.2, 0) is 16.9 Å². The van der Waals surface area contributed by atoms with Crippen LogP contribution in [0.25, 0.3) is 44.0 Å². The number of nitrogens with one attached hydrogen (secondary N) is 1. The zero-order chi connectivity index (χ0) is 28.7. The number of benzene rings is 3. The summed E-state index contributed by atoms with van der Waals surface area (Å²) >= 11 is 0. The number of aromatic amines is 1. The number of aromatic nitrogens is 2. The molecule has 0 atom stereocenters. The zero-order valence-corrected chi connectivity index (χ0v) is 23.7. The second-order valence-electron chi connectivity index (χ2n) is 10.9. The van der Waals surface area contributed by atoms with Crippen molar-refractivity contribution in [2.45, 2.75) is 64.3 Å². The van der Waals surface area contributed by atoms with Crippen LogP contribution in [0.2, 0.25) is 0 Å². The van der Waals surface area contributed by atoms with Crippen LogP contribution in [-0.4, -0.2) is 18.0 Å². The number of pyridine rings is 1. The summed E-state index contributed by atoms with van der Waals surface area (Å²) in [6, 6.07) is 16.4. The topological polar surface area (TPSA) is 81.2 Å². The normalized spacial score (nSPS) is 14.6. The van der Waals surface area contributed by atoms with Crippen LogP contribution in [0.1, 0.15) is 69.0 Å². The van der Waals surface area contributed by atoms with Gasteiger partial charge in [0.25, 0.3) is 0 Å². The summed E-state index contributed by atoms with van der Waals surface area (Å²) in [5, 5.41) is 2.17. The highest BCUT2D eigenvalue weighted by molar-refractivity contribution is 7.81. The molecule has 0 spiro atoms. The minimum Gasteiger partial charge on any atom is -0.358 e. The second kappa shape index (κ2) is 10.7. The van der Waals surface area contributed by atoms with Gasteiger partial charge in [0.15, 0.2) is 5.43 Å². The van der Waals surface area contributed by atoms with E-state index < -0.39 is 10.5 Å². The number of H-pyrrole nitrogens is 1. The fraction of sp³-hybridized carbons (Fsp3) is 0.303. The van der Waals surface area contributed by atoms with E-state index in [2.05, 4.69) is 26.6 Å². The standard InChI is InChI=1S/C33H31FN2O4S/c1-3-5-10-23-19-28-30(20-27(23)22-11-9-14-25(18-22)40-41(34,38)39)36(24-12-7-6-8-13-24)33-31(32(28)37)26-16-15-21(4-2)17-29(26)35-33/h2,9,11,14-20,24,35H,3,5-8,10,12-13H2,1H3. The quantitative estimate of drug-likeness (QED) is 0.160. The molecular weight excluding hydrogens is 539 g/mol. The molecule has 0 amide bonds.